The molecule has 0 saturated heterocycles. The van der Waals surface area contributed by atoms with Crippen LogP contribution in [0.1, 0.15) is 43.7 Å². The van der Waals surface area contributed by atoms with E-state index in [2.05, 4.69) is 17.0 Å². The molecule has 5 heteroatoms. The normalized spacial score (nSPS) is 15.3. The SMILES string of the molecule is CCCNCc1cc(S(=O)(=O)NCCC2CC2)ccc1C. The minimum atomic E-state index is -3.38. The van der Waals surface area contributed by atoms with Crippen molar-refractivity contribution in [3.63, 3.8) is 0 Å². The smallest absolute Gasteiger partial charge is 0.240 e. The number of aryl methyl sites for hydroxylation is 1. The van der Waals surface area contributed by atoms with Gasteiger partial charge in [0.1, 0.15) is 0 Å². The molecule has 0 radical (unpaired) electrons. The summed E-state index contributed by atoms with van der Waals surface area (Å²) in [6, 6.07) is 5.37. The van der Waals surface area contributed by atoms with Gasteiger partial charge in [0.15, 0.2) is 0 Å². The lowest BCUT2D eigenvalue weighted by molar-refractivity contribution is 0.575. The Labute approximate surface area is 128 Å². The first-order valence-corrected chi connectivity index (χ1v) is 9.31. The first kappa shape index (κ1) is 16.5. The molecule has 4 nitrogen and oxygen atoms in total. The summed E-state index contributed by atoms with van der Waals surface area (Å²) in [6.45, 7) is 6.33. The van der Waals surface area contributed by atoms with E-state index < -0.39 is 10.0 Å². The van der Waals surface area contributed by atoms with Crippen molar-refractivity contribution in [3.8, 4) is 0 Å². The molecule has 0 atom stereocenters. The number of benzene rings is 1. The van der Waals surface area contributed by atoms with Crippen LogP contribution in [0.25, 0.3) is 0 Å². The number of hydrogen-bond acceptors (Lipinski definition) is 3. The van der Waals surface area contributed by atoms with E-state index in [0.29, 0.717) is 18.0 Å². The van der Waals surface area contributed by atoms with E-state index in [1.54, 1.807) is 12.1 Å². The van der Waals surface area contributed by atoms with Crippen LogP contribution in [-0.4, -0.2) is 21.5 Å². The fraction of sp³-hybridized carbons (Fsp3) is 0.625. The first-order valence-electron chi connectivity index (χ1n) is 7.83. The fourth-order valence-electron chi connectivity index (χ4n) is 2.29. The maximum Gasteiger partial charge on any atom is 0.240 e. The minimum absolute atomic E-state index is 0.372. The summed E-state index contributed by atoms with van der Waals surface area (Å²) >= 11 is 0. The Morgan fingerprint density at radius 2 is 2.00 bits per heavy atom. The highest BCUT2D eigenvalue weighted by atomic mass is 32.2. The summed E-state index contributed by atoms with van der Waals surface area (Å²) in [5.74, 6) is 0.736. The lowest BCUT2D eigenvalue weighted by atomic mass is 10.1. The molecule has 0 aliphatic heterocycles. The van der Waals surface area contributed by atoms with Gasteiger partial charge in [0, 0.05) is 13.1 Å². The molecule has 1 aliphatic carbocycles. The van der Waals surface area contributed by atoms with E-state index in [4.69, 9.17) is 0 Å². The molecule has 0 bridgehead atoms. The molecule has 0 aromatic heterocycles. The number of hydrogen-bond donors (Lipinski definition) is 2. The van der Waals surface area contributed by atoms with Crippen LogP contribution in [0.5, 0.6) is 0 Å². The number of rotatable bonds is 9. The molecule has 0 spiro atoms. The molecule has 2 N–H and O–H groups in total. The summed E-state index contributed by atoms with van der Waals surface area (Å²) in [4.78, 5) is 0.372. The van der Waals surface area contributed by atoms with Gasteiger partial charge in [-0.15, -0.1) is 0 Å². The average molecular weight is 310 g/mol. The summed E-state index contributed by atoms with van der Waals surface area (Å²) in [5.41, 5.74) is 2.17. The number of sulfonamides is 1. The molecule has 1 aliphatic rings. The lowest BCUT2D eigenvalue weighted by Gasteiger charge is -2.11. The van der Waals surface area contributed by atoms with Crippen LogP contribution in [0.3, 0.4) is 0 Å². The Bertz CT molecular complexity index is 566. The van der Waals surface area contributed by atoms with E-state index in [0.717, 1.165) is 36.4 Å². The van der Waals surface area contributed by atoms with Crippen LogP contribution < -0.4 is 10.0 Å². The van der Waals surface area contributed by atoms with Crippen LogP contribution in [-0.2, 0) is 16.6 Å². The van der Waals surface area contributed by atoms with Crippen molar-refractivity contribution in [2.75, 3.05) is 13.1 Å². The zero-order valence-corrected chi connectivity index (χ0v) is 13.8. The molecule has 1 fully saturated rings. The van der Waals surface area contributed by atoms with Crippen molar-refractivity contribution in [2.24, 2.45) is 5.92 Å². The molecular weight excluding hydrogens is 284 g/mol. The van der Waals surface area contributed by atoms with Gasteiger partial charge >= 0.3 is 0 Å². The zero-order chi connectivity index (χ0) is 15.3. The van der Waals surface area contributed by atoms with Gasteiger partial charge in [0.2, 0.25) is 10.0 Å². The van der Waals surface area contributed by atoms with Gasteiger partial charge in [-0.3, -0.25) is 0 Å². The van der Waals surface area contributed by atoms with Crippen LogP contribution in [0, 0.1) is 12.8 Å². The highest BCUT2D eigenvalue weighted by molar-refractivity contribution is 7.89. The maximum absolute atomic E-state index is 12.3. The predicted octanol–water partition coefficient (Wildman–Crippen LogP) is 2.57. The molecule has 2 rings (SSSR count). The second-order valence-electron chi connectivity index (χ2n) is 5.89. The second kappa shape index (κ2) is 7.38. The Hall–Kier alpha value is -0.910. The van der Waals surface area contributed by atoms with E-state index >= 15 is 0 Å². The van der Waals surface area contributed by atoms with Crippen molar-refractivity contribution in [3.05, 3.63) is 29.3 Å². The molecule has 1 aromatic carbocycles. The zero-order valence-electron chi connectivity index (χ0n) is 13.0. The molecular formula is C16H26N2O2S. The van der Waals surface area contributed by atoms with Gasteiger partial charge in [-0.2, -0.15) is 0 Å². The van der Waals surface area contributed by atoms with E-state index in [1.165, 1.54) is 12.8 Å². The Balaban J connectivity index is 2.01. The van der Waals surface area contributed by atoms with Crippen LogP contribution in [0.2, 0.25) is 0 Å². The summed E-state index contributed by atoms with van der Waals surface area (Å²) in [5, 5.41) is 3.32. The van der Waals surface area contributed by atoms with Crippen molar-refractivity contribution in [1.82, 2.24) is 10.0 Å². The highest BCUT2D eigenvalue weighted by Crippen LogP contribution is 2.31. The standard InChI is InChI=1S/C16H26N2O2S/c1-3-9-17-12-15-11-16(7-4-13(15)2)21(19,20)18-10-8-14-5-6-14/h4,7,11,14,17-18H,3,5-6,8-10,12H2,1-2H3. The Morgan fingerprint density at radius 1 is 1.24 bits per heavy atom. The fourth-order valence-corrected chi connectivity index (χ4v) is 3.39. The van der Waals surface area contributed by atoms with Gasteiger partial charge in [0.05, 0.1) is 4.90 Å². The first-order chi connectivity index (χ1) is 10.0. The van der Waals surface area contributed by atoms with Crippen molar-refractivity contribution in [1.29, 1.82) is 0 Å². The average Bonchev–Trinajstić information content (AvgIpc) is 3.25. The predicted molar refractivity (Wildman–Crippen MR) is 85.7 cm³/mol. The molecule has 0 unspecified atom stereocenters. The van der Waals surface area contributed by atoms with Crippen LogP contribution >= 0.6 is 0 Å². The van der Waals surface area contributed by atoms with Gasteiger partial charge < -0.3 is 5.32 Å². The largest absolute Gasteiger partial charge is 0.313 e. The van der Waals surface area contributed by atoms with Crippen molar-refractivity contribution >= 4 is 10.0 Å². The van der Waals surface area contributed by atoms with Crippen molar-refractivity contribution in [2.45, 2.75) is 51.0 Å². The molecule has 21 heavy (non-hydrogen) atoms. The molecule has 1 aromatic rings. The topological polar surface area (TPSA) is 58.2 Å². The Morgan fingerprint density at radius 3 is 2.67 bits per heavy atom. The van der Waals surface area contributed by atoms with E-state index in [-0.39, 0.29) is 0 Å². The minimum Gasteiger partial charge on any atom is -0.313 e. The summed E-state index contributed by atoms with van der Waals surface area (Å²) in [6.07, 6.45) is 4.52. The van der Waals surface area contributed by atoms with Crippen LogP contribution in [0.15, 0.2) is 23.1 Å². The maximum atomic E-state index is 12.3. The molecule has 0 heterocycles. The highest BCUT2D eigenvalue weighted by Gasteiger charge is 2.22. The lowest BCUT2D eigenvalue weighted by Crippen LogP contribution is -2.25. The van der Waals surface area contributed by atoms with Crippen molar-refractivity contribution < 1.29 is 8.42 Å². The summed E-state index contributed by atoms with van der Waals surface area (Å²) < 4.78 is 27.3. The Kier molecular flexibility index (Phi) is 5.79. The number of nitrogens with one attached hydrogen (secondary N) is 2. The van der Waals surface area contributed by atoms with E-state index in [1.807, 2.05) is 13.0 Å². The van der Waals surface area contributed by atoms with Gasteiger partial charge in [-0.05, 0) is 55.5 Å². The third kappa shape index (κ3) is 5.09. The molecule has 0 amide bonds. The van der Waals surface area contributed by atoms with Gasteiger partial charge in [-0.1, -0.05) is 25.8 Å². The third-order valence-corrected chi connectivity index (χ3v) is 5.37. The third-order valence-electron chi connectivity index (χ3n) is 3.91. The molecule has 1 saturated carbocycles. The van der Waals surface area contributed by atoms with Gasteiger partial charge in [-0.25, -0.2) is 13.1 Å². The summed E-state index contributed by atoms with van der Waals surface area (Å²) in [7, 11) is -3.38. The van der Waals surface area contributed by atoms with E-state index in [9.17, 15) is 8.42 Å². The monoisotopic (exact) mass is 310 g/mol. The quantitative estimate of drug-likeness (QED) is 0.689. The molecule has 118 valence electrons. The second-order valence-corrected chi connectivity index (χ2v) is 7.66. The van der Waals surface area contributed by atoms with Crippen LogP contribution in [0.4, 0.5) is 0 Å². The van der Waals surface area contributed by atoms with Gasteiger partial charge in [0.25, 0.3) is 0 Å².